The maximum atomic E-state index is 12.4. The van der Waals surface area contributed by atoms with E-state index in [2.05, 4.69) is 15.6 Å². The molecule has 1 aliphatic rings. The molecule has 0 radical (unpaired) electrons. The first-order chi connectivity index (χ1) is 11.7. The molecule has 2 amide bonds. The van der Waals surface area contributed by atoms with Crippen LogP contribution in [0.3, 0.4) is 0 Å². The summed E-state index contributed by atoms with van der Waals surface area (Å²) in [5.74, 6) is 0.447. The van der Waals surface area contributed by atoms with Gasteiger partial charge in [0.15, 0.2) is 10.8 Å². The van der Waals surface area contributed by atoms with Gasteiger partial charge in [0.2, 0.25) is 5.91 Å². The van der Waals surface area contributed by atoms with Crippen LogP contribution in [0.1, 0.15) is 21.7 Å². The first kappa shape index (κ1) is 14.6. The molecule has 120 valence electrons. The van der Waals surface area contributed by atoms with Crippen LogP contribution < -0.4 is 10.6 Å². The van der Waals surface area contributed by atoms with Crippen molar-refractivity contribution in [2.75, 3.05) is 10.6 Å². The number of nitrogens with zero attached hydrogens (tertiary/aromatic N) is 1. The van der Waals surface area contributed by atoms with Crippen molar-refractivity contribution in [1.82, 2.24) is 4.98 Å². The normalized spacial score (nSPS) is 13.2. The number of rotatable bonds is 3. The fourth-order valence-corrected chi connectivity index (χ4v) is 3.33. The van der Waals surface area contributed by atoms with Gasteiger partial charge in [0.25, 0.3) is 5.91 Å². The first-order valence-corrected chi connectivity index (χ1v) is 8.24. The predicted molar refractivity (Wildman–Crippen MR) is 91.2 cm³/mol. The van der Waals surface area contributed by atoms with E-state index in [0.717, 1.165) is 11.3 Å². The van der Waals surface area contributed by atoms with Crippen LogP contribution in [0.25, 0.3) is 10.8 Å². The highest BCUT2D eigenvalue weighted by molar-refractivity contribution is 7.17. The fourth-order valence-electron chi connectivity index (χ4n) is 2.55. The van der Waals surface area contributed by atoms with E-state index in [9.17, 15) is 9.59 Å². The maximum Gasteiger partial charge on any atom is 0.267 e. The van der Waals surface area contributed by atoms with Gasteiger partial charge in [-0.15, -0.1) is 11.3 Å². The molecule has 0 atom stereocenters. The summed E-state index contributed by atoms with van der Waals surface area (Å²) in [7, 11) is 0. The summed E-state index contributed by atoms with van der Waals surface area (Å²) in [4.78, 5) is 28.5. The number of benzene rings is 1. The molecule has 1 aromatic carbocycles. The Morgan fingerprint density at radius 1 is 1.29 bits per heavy atom. The molecule has 7 heteroatoms. The molecule has 0 saturated carbocycles. The molecular weight excluding hydrogens is 326 g/mol. The molecule has 6 nitrogen and oxygen atoms in total. The minimum atomic E-state index is -0.217. The van der Waals surface area contributed by atoms with Gasteiger partial charge >= 0.3 is 0 Å². The van der Waals surface area contributed by atoms with E-state index in [1.807, 2.05) is 12.1 Å². The van der Waals surface area contributed by atoms with Gasteiger partial charge < -0.3 is 15.1 Å². The van der Waals surface area contributed by atoms with Gasteiger partial charge in [-0.1, -0.05) is 0 Å². The van der Waals surface area contributed by atoms with Crippen LogP contribution in [-0.2, 0) is 11.2 Å². The van der Waals surface area contributed by atoms with E-state index in [0.29, 0.717) is 34.2 Å². The summed E-state index contributed by atoms with van der Waals surface area (Å²) in [5.41, 5.74) is 2.53. The zero-order valence-corrected chi connectivity index (χ0v) is 13.4. The Balaban J connectivity index is 1.51. The molecule has 3 aromatic rings. The van der Waals surface area contributed by atoms with Crippen molar-refractivity contribution in [3.8, 4) is 10.8 Å². The van der Waals surface area contributed by atoms with Crippen LogP contribution in [-0.4, -0.2) is 16.8 Å². The summed E-state index contributed by atoms with van der Waals surface area (Å²) in [6.45, 7) is 0. The molecule has 0 bridgehead atoms. The largest absolute Gasteiger partial charge is 0.462 e. The smallest absolute Gasteiger partial charge is 0.267 e. The number of aryl methyl sites for hydroxylation is 1. The number of hydrogen-bond acceptors (Lipinski definition) is 5. The summed E-state index contributed by atoms with van der Waals surface area (Å²) < 4.78 is 5.28. The highest BCUT2D eigenvalue weighted by atomic mass is 32.1. The second kappa shape index (κ2) is 5.93. The van der Waals surface area contributed by atoms with Crippen LogP contribution in [0.2, 0.25) is 0 Å². The van der Waals surface area contributed by atoms with Crippen molar-refractivity contribution >= 4 is 34.5 Å². The van der Waals surface area contributed by atoms with Gasteiger partial charge in [0, 0.05) is 17.8 Å². The Morgan fingerprint density at radius 3 is 3.04 bits per heavy atom. The van der Waals surface area contributed by atoms with Crippen molar-refractivity contribution in [1.29, 1.82) is 0 Å². The average molecular weight is 339 g/mol. The average Bonchev–Trinajstić information content (AvgIpc) is 3.26. The Labute approximate surface area is 141 Å². The third-order valence-corrected chi connectivity index (χ3v) is 4.73. The zero-order chi connectivity index (χ0) is 16.5. The molecular formula is C17H13N3O3S. The minimum Gasteiger partial charge on any atom is -0.462 e. The number of hydrogen-bond donors (Lipinski definition) is 2. The monoisotopic (exact) mass is 339 g/mol. The fraction of sp³-hybridized carbons (Fsp3) is 0.118. The molecule has 1 aliphatic heterocycles. The van der Waals surface area contributed by atoms with Crippen LogP contribution in [0.5, 0.6) is 0 Å². The number of amides is 2. The van der Waals surface area contributed by atoms with Crippen molar-refractivity contribution < 1.29 is 14.0 Å². The highest BCUT2D eigenvalue weighted by Crippen LogP contribution is 2.28. The number of furan rings is 1. The standard InChI is InChI=1S/C17H13N3O3S/c21-15-6-3-10-8-11(4-5-12(10)20-15)19-16(22)14-9-18-17(24-14)13-2-1-7-23-13/h1-2,4-5,7-9H,3,6H2,(H,19,22)(H,20,21). The lowest BCUT2D eigenvalue weighted by Crippen LogP contribution is -2.19. The van der Waals surface area contributed by atoms with E-state index in [1.165, 1.54) is 17.5 Å². The summed E-state index contributed by atoms with van der Waals surface area (Å²) in [6.07, 6.45) is 4.25. The van der Waals surface area contributed by atoms with Crippen LogP contribution in [0.4, 0.5) is 11.4 Å². The van der Waals surface area contributed by atoms with Crippen LogP contribution >= 0.6 is 11.3 Å². The van der Waals surface area contributed by atoms with Gasteiger partial charge in [-0.2, -0.15) is 0 Å². The van der Waals surface area contributed by atoms with E-state index in [4.69, 9.17) is 4.42 Å². The second-order valence-electron chi connectivity index (χ2n) is 5.38. The van der Waals surface area contributed by atoms with Gasteiger partial charge in [0.05, 0.1) is 12.5 Å². The lowest BCUT2D eigenvalue weighted by molar-refractivity contribution is -0.116. The van der Waals surface area contributed by atoms with E-state index in [1.54, 1.807) is 24.5 Å². The van der Waals surface area contributed by atoms with E-state index >= 15 is 0 Å². The Bertz CT molecular complexity index is 915. The Hall–Kier alpha value is -2.93. The molecule has 0 saturated heterocycles. The third kappa shape index (κ3) is 2.81. The molecule has 0 spiro atoms. The molecule has 0 fully saturated rings. The Kier molecular flexibility index (Phi) is 3.62. The van der Waals surface area contributed by atoms with Gasteiger partial charge in [-0.3, -0.25) is 9.59 Å². The van der Waals surface area contributed by atoms with E-state index < -0.39 is 0 Å². The molecule has 0 aliphatic carbocycles. The predicted octanol–water partition coefficient (Wildman–Crippen LogP) is 3.54. The topological polar surface area (TPSA) is 84.2 Å². The second-order valence-corrected chi connectivity index (χ2v) is 6.41. The van der Waals surface area contributed by atoms with Gasteiger partial charge in [-0.25, -0.2) is 4.98 Å². The van der Waals surface area contributed by atoms with Crippen LogP contribution in [0, 0.1) is 0 Å². The number of nitrogens with one attached hydrogen (secondary N) is 2. The quantitative estimate of drug-likeness (QED) is 0.764. The first-order valence-electron chi connectivity index (χ1n) is 7.43. The minimum absolute atomic E-state index is 0.0226. The number of carbonyl (C=O) groups excluding carboxylic acids is 2. The number of carbonyl (C=O) groups is 2. The van der Waals surface area contributed by atoms with E-state index in [-0.39, 0.29) is 11.8 Å². The SMILES string of the molecule is O=C1CCc2cc(NC(=O)c3cnc(-c4ccco4)s3)ccc2N1. The summed E-state index contributed by atoms with van der Waals surface area (Å²) >= 11 is 1.27. The van der Waals surface area contributed by atoms with Crippen molar-refractivity contribution in [2.45, 2.75) is 12.8 Å². The van der Waals surface area contributed by atoms with Crippen molar-refractivity contribution in [2.24, 2.45) is 0 Å². The molecule has 4 rings (SSSR count). The molecule has 24 heavy (non-hydrogen) atoms. The molecule has 2 aromatic heterocycles. The number of fused-ring (bicyclic) bond motifs is 1. The Morgan fingerprint density at radius 2 is 2.21 bits per heavy atom. The number of thiazole rings is 1. The van der Waals surface area contributed by atoms with Crippen molar-refractivity contribution in [3.05, 3.63) is 53.2 Å². The lowest BCUT2D eigenvalue weighted by atomic mass is 10.0. The summed E-state index contributed by atoms with van der Waals surface area (Å²) in [6, 6.07) is 9.06. The zero-order valence-electron chi connectivity index (χ0n) is 12.5. The molecule has 2 N–H and O–H groups in total. The van der Waals surface area contributed by atoms with Crippen LogP contribution in [0.15, 0.2) is 47.2 Å². The maximum absolute atomic E-state index is 12.4. The van der Waals surface area contributed by atoms with Gasteiger partial charge in [-0.05, 0) is 42.3 Å². The van der Waals surface area contributed by atoms with Gasteiger partial charge in [0.1, 0.15) is 4.88 Å². The van der Waals surface area contributed by atoms with Crippen molar-refractivity contribution in [3.63, 3.8) is 0 Å². The number of anilines is 2. The molecule has 0 unspecified atom stereocenters. The third-order valence-electron chi connectivity index (χ3n) is 3.72. The molecule has 3 heterocycles. The summed E-state index contributed by atoms with van der Waals surface area (Å²) in [5, 5.41) is 6.35. The lowest BCUT2D eigenvalue weighted by Gasteiger charge is -2.17. The highest BCUT2D eigenvalue weighted by Gasteiger charge is 2.17. The number of aromatic nitrogens is 1.